The first-order valence-corrected chi connectivity index (χ1v) is 22.1. The van der Waals surface area contributed by atoms with E-state index in [1.165, 1.54) is 24.3 Å². The smallest absolute Gasteiger partial charge is 0.444 e. The Morgan fingerprint density at radius 1 is 0.644 bits per heavy atom. The standard InChI is InChI=1S/C21H34FN3O3S.C21H33FN3O3S.H2O/c2*1-15(23-29(27)21(5,6)7)17-14-16(22)8-9-18(17)24-10-12-25(13-11-24)19(26)28-20(2,3)4;/h8-9,14-15,23H,10-13H2,1-7H3;8-9,14-15,23H,1,10-13H2,2-7H3;1H2/q;-1;/p+1/t2*15-,29+;/m00./s1. The van der Waals surface area contributed by atoms with Gasteiger partial charge in [0.2, 0.25) is 0 Å². The Hall–Kier alpha value is -3.38. The molecule has 0 radical (unpaired) electrons. The van der Waals surface area contributed by atoms with E-state index in [9.17, 15) is 26.8 Å². The minimum absolute atomic E-state index is 0. The molecule has 2 aromatic carbocycles. The van der Waals surface area contributed by atoms with Gasteiger partial charge in [0.25, 0.3) is 0 Å². The number of piperazine rings is 2. The van der Waals surface area contributed by atoms with Crippen LogP contribution in [0, 0.1) is 18.6 Å². The second-order valence-electron chi connectivity index (χ2n) is 18.6. The molecule has 0 aliphatic carbocycles. The first-order valence-electron chi connectivity index (χ1n) is 19.8. The maximum Gasteiger partial charge on any atom is 1.00 e. The minimum Gasteiger partial charge on any atom is -0.444 e. The second-order valence-corrected chi connectivity index (χ2v) is 22.6. The van der Waals surface area contributed by atoms with Crippen LogP contribution in [0.25, 0.3) is 0 Å². The van der Waals surface area contributed by atoms with Gasteiger partial charge >= 0.3 is 13.6 Å². The molecule has 59 heavy (non-hydrogen) atoms. The predicted molar refractivity (Wildman–Crippen MR) is 236 cm³/mol. The molecule has 13 nitrogen and oxygen atoms in total. The molecule has 0 aromatic heterocycles. The summed E-state index contributed by atoms with van der Waals surface area (Å²) < 4.78 is 68.9. The van der Waals surface area contributed by atoms with Crippen molar-refractivity contribution in [2.75, 3.05) is 62.2 Å². The predicted octanol–water partition coefficient (Wildman–Crippen LogP) is 7.09. The van der Waals surface area contributed by atoms with Crippen LogP contribution in [0.3, 0.4) is 0 Å². The number of amides is 2. The fourth-order valence-corrected chi connectivity index (χ4v) is 7.48. The molecule has 0 unspecified atom stereocenters. The van der Waals surface area contributed by atoms with Crippen molar-refractivity contribution in [1.82, 2.24) is 19.2 Å². The zero-order valence-electron chi connectivity index (χ0n) is 38.3. The molecular weight excluding hydrogens is 803 g/mol. The summed E-state index contributed by atoms with van der Waals surface area (Å²) in [7, 11) is -2.60. The van der Waals surface area contributed by atoms with Crippen LogP contribution in [0.4, 0.5) is 29.7 Å². The minimum atomic E-state index is -1.33. The summed E-state index contributed by atoms with van der Waals surface area (Å²) in [6.45, 7) is 32.8. The number of nitrogens with zero attached hydrogens (tertiary/aromatic N) is 4. The number of benzene rings is 2. The molecule has 17 heteroatoms. The molecule has 0 bridgehead atoms. The monoisotopic (exact) mass is 872 g/mol. The Balaban J connectivity index is 0.000000581. The lowest BCUT2D eigenvalue weighted by Gasteiger charge is -2.39. The number of rotatable bonds is 8. The van der Waals surface area contributed by atoms with Crippen LogP contribution in [0.1, 0.15) is 115 Å². The Bertz CT molecular complexity index is 1640. The van der Waals surface area contributed by atoms with E-state index in [-0.39, 0.29) is 36.8 Å². The number of hydrogen-bond acceptors (Lipinski definition) is 8. The number of nitrogens with one attached hydrogen (secondary N) is 2. The van der Waals surface area contributed by atoms with Crippen LogP contribution in [0.5, 0.6) is 0 Å². The summed E-state index contributed by atoms with van der Waals surface area (Å²) in [6.07, 6.45) is -0.638. The number of ether oxygens (including phenoxy) is 2. The number of halogens is 2. The zero-order valence-corrected chi connectivity index (χ0v) is 38.9. The third-order valence-electron chi connectivity index (χ3n) is 9.01. The Labute approximate surface area is 357 Å². The molecule has 2 heterocycles. The van der Waals surface area contributed by atoms with Crippen LogP contribution in [-0.2, 0) is 31.4 Å². The Morgan fingerprint density at radius 2 is 0.983 bits per heavy atom. The molecule has 2 fully saturated rings. The van der Waals surface area contributed by atoms with Gasteiger partial charge in [-0.25, -0.2) is 31.5 Å². The van der Waals surface area contributed by atoms with Gasteiger partial charge in [-0.2, -0.15) is 0 Å². The highest BCUT2D eigenvalue weighted by atomic mass is 32.2. The molecule has 2 aliphatic rings. The highest BCUT2D eigenvalue weighted by molar-refractivity contribution is 7.84. The van der Waals surface area contributed by atoms with Crippen LogP contribution in [-0.4, -0.2) is 109 Å². The van der Waals surface area contributed by atoms with Crippen molar-refractivity contribution in [3.05, 3.63) is 66.1 Å². The molecule has 4 N–H and O–H groups in total. The summed E-state index contributed by atoms with van der Waals surface area (Å²) in [5.74, 6) is -0.695. The van der Waals surface area contributed by atoms with E-state index in [1.807, 2.05) is 90.0 Å². The van der Waals surface area contributed by atoms with Gasteiger partial charge in [-0.15, -0.1) is 0 Å². The van der Waals surface area contributed by atoms with Crippen LogP contribution < -0.4 is 19.2 Å². The maximum absolute atomic E-state index is 14.0. The molecule has 0 saturated carbocycles. The Morgan fingerprint density at radius 3 is 1.34 bits per heavy atom. The molecule has 2 saturated heterocycles. The number of carbonyl (C=O) groups is 2. The third kappa shape index (κ3) is 16.2. The fourth-order valence-electron chi connectivity index (χ4n) is 5.94. The largest absolute Gasteiger partial charge is 1.00 e. The first kappa shape index (κ1) is 51.8. The van der Waals surface area contributed by atoms with Gasteiger partial charge < -0.3 is 41.5 Å². The quantitative estimate of drug-likeness (QED) is 0.267. The van der Waals surface area contributed by atoms with E-state index in [2.05, 4.69) is 26.2 Å². The van der Waals surface area contributed by atoms with Crippen molar-refractivity contribution in [3.8, 4) is 0 Å². The summed E-state index contributed by atoms with van der Waals surface area (Å²) in [5.41, 5.74) is 2.06. The average molecular weight is 873 g/mol. The third-order valence-corrected chi connectivity index (χ3v) is 12.3. The lowest BCUT2D eigenvalue weighted by atomic mass is 10.0. The molecule has 2 aromatic rings. The molecule has 2 amide bonds. The molecule has 4 rings (SSSR count). The van der Waals surface area contributed by atoms with Gasteiger partial charge in [0.05, 0.1) is 31.5 Å². The van der Waals surface area contributed by atoms with Crippen LogP contribution >= 0.6 is 0 Å². The van der Waals surface area contributed by atoms with Gasteiger partial charge in [0.15, 0.2) is 0 Å². The van der Waals surface area contributed by atoms with Crippen molar-refractivity contribution in [2.45, 2.75) is 123 Å². The topological polar surface area (TPSA) is 155 Å². The van der Waals surface area contributed by atoms with Crippen LogP contribution in [0.2, 0.25) is 0 Å². The van der Waals surface area contributed by atoms with Gasteiger partial charge in [0.1, 0.15) is 22.8 Å². The SMILES string of the molecule is C[C@H](N[S@](=O)C(C)(C)C)c1cc(F)ccc1N1CCN(C(=O)OC(C)(C)C)CC1.O.[CH2-][C@H](N[S@](=O)C(C)(C)C)c1cc(F)ccc1N1CCN(C(=O)OC(C)(C)C)CC1.[H+]. The fraction of sp³-hybridized carbons (Fsp3) is 0.643. The molecule has 0 spiro atoms. The molecule has 4 atom stereocenters. The van der Waals surface area contributed by atoms with Gasteiger partial charge in [-0.3, -0.25) is 4.72 Å². The summed E-state index contributed by atoms with van der Waals surface area (Å²) in [4.78, 5) is 32.2. The number of hydrogen-bond donors (Lipinski definition) is 2. The molecular formula is C42H70F2N6O7S2. The van der Waals surface area contributed by atoms with E-state index in [0.29, 0.717) is 57.9 Å². The van der Waals surface area contributed by atoms with Crippen molar-refractivity contribution < 1.29 is 43.2 Å². The molecule has 2 aliphatic heterocycles. The molecule has 336 valence electrons. The van der Waals surface area contributed by atoms with Crippen LogP contribution in [0.15, 0.2) is 36.4 Å². The van der Waals surface area contributed by atoms with Gasteiger partial charge in [-0.1, -0.05) is 6.04 Å². The van der Waals surface area contributed by atoms with E-state index >= 15 is 0 Å². The second kappa shape index (κ2) is 20.9. The summed E-state index contributed by atoms with van der Waals surface area (Å²) in [5, 5.41) is 0. The Kier molecular flexibility index (Phi) is 18.4. The maximum atomic E-state index is 14.0. The van der Waals surface area contributed by atoms with Crippen molar-refractivity contribution in [3.63, 3.8) is 0 Å². The van der Waals surface area contributed by atoms with E-state index < -0.39 is 48.7 Å². The first-order chi connectivity index (χ1) is 26.6. The highest BCUT2D eigenvalue weighted by Gasteiger charge is 2.30. The van der Waals surface area contributed by atoms with E-state index in [0.717, 1.165) is 16.9 Å². The lowest BCUT2D eigenvalue weighted by Crippen LogP contribution is -2.50. The number of anilines is 2. The normalized spacial score (nSPS) is 17.5. The van der Waals surface area contributed by atoms with Crippen molar-refractivity contribution >= 4 is 45.5 Å². The zero-order chi connectivity index (χ0) is 44.0. The number of carbonyl (C=O) groups excluding carboxylic acids is 2. The van der Waals surface area contributed by atoms with Crippen molar-refractivity contribution in [1.29, 1.82) is 0 Å². The van der Waals surface area contributed by atoms with E-state index in [4.69, 9.17) is 9.47 Å². The van der Waals surface area contributed by atoms with Gasteiger partial charge in [0, 0.05) is 69.8 Å². The average Bonchev–Trinajstić information content (AvgIpc) is 3.09. The summed E-state index contributed by atoms with van der Waals surface area (Å²) in [6, 6.07) is 8.42. The highest BCUT2D eigenvalue weighted by Crippen LogP contribution is 2.31. The van der Waals surface area contributed by atoms with Gasteiger partial charge in [-0.05, 0) is 138 Å². The summed E-state index contributed by atoms with van der Waals surface area (Å²) >= 11 is 0. The lowest BCUT2D eigenvalue weighted by molar-refractivity contribution is 0.0230. The van der Waals surface area contributed by atoms with E-state index in [1.54, 1.807) is 21.9 Å². The van der Waals surface area contributed by atoms with Crippen molar-refractivity contribution in [2.24, 2.45) is 0 Å².